The van der Waals surface area contributed by atoms with Gasteiger partial charge in [-0.3, -0.25) is 0 Å². The number of benzene rings is 2. The molecule has 0 heterocycles. The fourth-order valence-electron chi connectivity index (χ4n) is 2.06. The third-order valence-corrected chi connectivity index (χ3v) is 3.97. The Morgan fingerprint density at radius 1 is 1.05 bits per heavy atom. The zero-order valence-electron chi connectivity index (χ0n) is 10.8. The van der Waals surface area contributed by atoms with Crippen molar-refractivity contribution in [3.8, 4) is 5.75 Å². The smallest absolute Gasteiger partial charge is 0.119 e. The van der Waals surface area contributed by atoms with Gasteiger partial charge in [-0.2, -0.15) is 0 Å². The van der Waals surface area contributed by atoms with Crippen molar-refractivity contribution in [2.24, 2.45) is 5.73 Å². The van der Waals surface area contributed by atoms with E-state index in [1.807, 2.05) is 43.3 Å². The van der Waals surface area contributed by atoms with E-state index in [1.54, 1.807) is 7.11 Å². The Balaban J connectivity index is 2.40. The van der Waals surface area contributed by atoms with Crippen LogP contribution >= 0.6 is 31.9 Å². The van der Waals surface area contributed by atoms with Gasteiger partial charge in [0.25, 0.3) is 0 Å². The maximum Gasteiger partial charge on any atom is 0.119 e. The molecule has 0 aliphatic heterocycles. The second kappa shape index (κ2) is 6.07. The molecule has 0 radical (unpaired) electrons. The summed E-state index contributed by atoms with van der Waals surface area (Å²) in [5.74, 6) is 0.851. The topological polar surface area (TPSA) is 35.2 Å². The second-order valence-electron chi connectivity index (χ2n) is 4.40. The van der Waals surface area contributed by atoms with Crippen LogP contribution in [0.5, 0.6) is 5.75 Å². The summed E-state index contributed by atoms with van der Waals surface area (Å²) in [7, 11) is 1.67. The van der Waals surface area contributed by atoms with Crippen LogP contribution in [0, 0.1) is 6.92 Å². The van der Waals surface area contributed by atoms with E-state index < -0.39 is 0 Å². The molecule has 2 rings (SSSR count). The second-order valence-corrected chi connectivity index (χ2v) is 6.23. The van der Waals surface area contributed by atoms with Crippen molar-refractivity contribution in [1.82, 2.24) is 0 Å². The van der Waals surface area contributed by atoms with Crippen LogP contribution in [0.15, 0.2) is 45.3 Å². The molecular weight excluding hydrogens is 370 g/mol. The van der Waals surface area contributed by atoms with Crippen LogP contribution < -0.4 is 10.5 Å². The number of hydrogen-bond donors (Lipinski definition) is 1. The van der Waals surface area contributed by atoms with Gasteiger partial charge in [-0.1, -0.05) is 37.9 Å². The highest BCUT2D eigenvalue weighted by atomic mass is 79.9. The number of ether oxygens (including phenoxy) is 1. The van der Waals surface area contributed by atoms with Crippen molar-refractivity contribution >= 4 is 31.9 Å². The van der Waals surface area contributed by atoms with Crippen LogP contribution in [-0.2, 0) is 0 Å². The van der Waals surface area contributed by atoms with Crippen molar-refractivity contribution in [3.63, 3.8) is 0 Å². The molecule has 0 spiro atoms. The lowest BCUT2D eigenvalue weighted by Crippen LogP contribution is -2.13. The first-order chi connectivity index (χ1) is 9.01. The third-order valence-electron chi connectivity index (χ3n) is 3.06. The lowest BCUT2D eigenvalue weighted by molar-refractivity contribution is 0.414. The molecule has 100 valence electrons. The average Bonchev–Trinajstić information content (AvgIpc) is 2.36. The zero-order chi connectivity index (χ0) is 14.0. The van der Waals surface area contributed by atoms with Crippen molar-refractivity contribution in [2.75, 3.05) is 7.11 Å². The van der Waals surface area contributed by atoms with Crippen LogP contribution in [0.2, 0.25) is 0 Å². The van der Waals surface area contributed by atoms with Gasteiger partial charge in [-0.15, -0.1) is 0 Å². The summed E-state index contributed by atoms with van der Waals surface area (Å²) >= 11 is 6.98. The van der Waals surface area contributed by atoms with E-state index in [-0.39, 0.29) is 6.04 Å². The Morgan fingerprint density at radius 2 is 1.68 bits per heavy atom. The molecule has 0 amide bonds. The van der Waals surface area contributed by atoms with Crippen LogP contribution in [0.25, 0.3) is 0 Å². The van der Waals surface area contributed by atoms with E-state index in [2.05, 4.69) is 31.9 Å². The van der Waals surface area contributed by atoms with Gasteiger partial charge in [0.05, 0.1) is 13.2 Å². The van der Waals surface area contributed by atoms with Gasteiger partial charge in [0.1, 0.15) is 5.75 Å². The molecule has 19 heavy (non-hydrogen) atoms. The first-order valence-corrected chi connectivity index (χ1v) is 7.46. The number of hydrogen-bond acceptors (Lipinski definition) is 2. The Hall–Kier alpha value is -0.840. The number of rotatable bonds is 3. The van der Waals surface area contributed by atoms with E-state index >= 15 is 0 Å². The maximum atomic E-state index is 6.36. The number of halogens is 2. The van der Waals surface area contributed by atoms with Gasteiger partial charge in [0.2, 0.25) is 0 Å². The predicted octanol–water partition coefficient (Wildman–Crippen LogP) is 4.58. The summed E-state index contributed by atoms with van der Waals surface area (Å²) in [6.07, 6.45) is 0. The Labute approximate surface area is 130 Å². The Kier molecular flexibility index (Phi) is 4.66. The first kappa shape index (κ1) is 14.6. The van der Waals surface area contributed by atoms with Gasteiger partial charge >= 0.3 is 0 Å². The largest absolute Gasteiger partial charge is 0.497 e. The minimum absolute atomic E-state index is 0.153. The highest BCUT2D eigenvalue weighted by Gasteiger charge is 2.13. The van der Waals surface area contributed by atoms with Crippen molar-refractivity contribution in [1.29, 1.82) is 0 Å². The summed E-state index contributed by atoms with van der Waals surface area (Å²) in [6.45, 7) is 2.05. The Morgan fingerprint density at radius 3 is 2.21 bits per heavy atom. The molecule has 0 fully saturated rings. The Bertz CT molecular complexity index is 578. The summed E-state index contributed by atoms with van der Waals surface area (Å²) in [6, 6.07) is 11.9. The van der Waals surface area contributed by atoms with E-state index in [9.17, 15) is 0 Å². The van der Waals surface area contributed by atoms with E-state index in [0.29, 0.717) is 0 Å². The SMILES string of the molecule is COc1ccc(C(N)c2cc(Br)cc(Br)c2)c(C)c1. The first-order valence-electron chi connectivity index (χ1n) is 5.87. The van der Waals surface area contributed by atoms with Gasteiger partial charge in [-0.25, -0.2) is 0 Å². The van der Waals surface area contributed by atoms with Crippen LogP contribution in [0.4, 0.5) is 0 Å². The van der Waals surface area contributed by atoms with Crippen molar-refractivity contribution in [3.05, 3.63) is 62.0 Å². The molecule has 0 saturated carbocycles. The van der Waals surface area contributed by atoms with Gasteiger partial charge in [0, 0.05) is 8.95 Å². The molecule has 1 atom stereocenters. The predicted molar refractivity (Wildman–Crippen MR) is 85.6 cm³/mol. The van der Waals surface area contributed by atoms with E-state index in [1.165, 1.54) is 0 Å². The molecule has 2 nitrogen and oxygen atoms in total. The molecule has 2 N–H and O–H groups in total. The highest BCUT2D eigenvalue weighted by molar-refractivity contribution is 9.11. The molecule has 0 saturated heterocycles. The zero-order valence-corrected chi connectivity index (χ0v) is 14.0. The molecule has 4 heteroatoms. The molecule has 1 unspecified atom stereocenters. The molecule has 0 bridgehead atoms. The molecule has 0 aromatic heterocycles. The molecule has 2 aromatic rings. The molecule has 0 aliphatic rings. The number of methoxy groups -OCH3 is 1. The minimum atomic E-state index is -0.153. The fraction of sp³-hybridized carbons (Fsp3) is 0.200. The average molecular weight is 385 g/mol. The minimum Gasteiger partial charge on any atom is -0.497 e. The maximum absolute atomic E-state index is 6.36. The normalized spacial score (nSPS) is 12.3. The van der Waals surface area contributed by atoms with Crippen LogP contribution in [0.3, 0.4) is 0 Å². The van der Waals surface area contributed by atoms with Crippen LogP contribution in [-0.4, -0.2) is 7.11 Å². The number of nitrogens with two attached hydrogens (primary N) is 1. The molecule has 2 aromatic carbocycles. The van der Waals surface area contributed by atoms with Gasteiger partial charge in [-0.05, 0) is 53.9 Å². The quantitative estimate of drug-likeness (QED) is 0.840. The summed E-state index contributed by atoms with van der Waals surface area (Å²) in [5, 5.41) is 0. The lowest BCUT2D eigenvalue weighted by atomic mass is 9.96. The standard InChI is InChI=1S/C15H15Br2NO/c1-9-5-13(19-2)3-4-14(9)15(18)10-6-11(16)8-12(17)7-10/h3-8,15H,18H2,1-2H3. The summed E-state index contributed by atoms with van der Waals surface area (Å²) in [5.41, 5.74) is 9.66. The highest BCUT2D eigenvalue weighted by Crippen LogP contribution is 2.29. The van der Waals surface area contributed by atoms with E-state index in [4.69, 9.17) is 10.5 Å². The molecule has 0 aliphatic carbocycles. The third kappa shape index (κ3) is 3.38. The van der Waals surface area contributed by atoms with Crippen LogP contribution in [0.1, 0.15) is 22.7 Å². The van der Waals surface area contributed by atoms with E-state index in [0.717, 1.165) is 31.4 Å². The monoisotopic (exact) mass is 383 g/mol. The fourth-order valence-corrected chi connectivity index (χ4v) is 3.39. The van der Waals surface area contributed by atoms with Gasteiger partial charge < -0.3 is 10.5 Å². The summed E-state index contributed by atoms with van der Waals surface area (Å²) in [4.78, 5) is 0. The molecular formula is C15H15Br2NO. The lowest BCUT2D eigenvalue weighted by Gasteiger charge is -2.17. The van der Waals surface area contributed by atoms with Gasteiger partial charge in [0.15, 0.2) is 0 Å². The van der Waals surface area contributed by atoms with Crippen molar-refractivity contribution in [2.45, 2.75) is 13.0 Å². The van der Waals surface area contributed by atoms with Crippen molar-refractivity contribution < 1.29 is 4.74 Å². The summed E-state index contributed by atoms with van der Waals surface area (Å²) < 4.78 is 7.24. The number of aryl methyl sites for hydroxylation is 1.